The zero-order valence-corrected chi connectivity index (χ0v) is 21.5. The van der Waals surface area contributed by atoms with Crippen LogP contribution in [0.2, 0.25) is 10.0 Å². The lowest BCUT2D eigenvalue weighted by Gasteiger charge is -2.21. The molecule has 0 saturated heterocycles. The number of carbonyl (C=O) groups is 2. The second kappa shape index (κ2) is 10.5. The Bertz CT molecular complexity index is 1180. The lowest BCUT2D eigenvalue weighted by molar-refractivity contribution is -0.116. The summed E-state index contributed by atoms with van der Waals surface area (Å²) in [5, 5.41) is 11.6. The Morgan fingerprint density at radius 3 is 2.29 bits per heavy atom. The number of urea groups is 1. The lowest BCUT2D eigenvalue weighted by atomic mass is 9.92. The van der Waals surface area contributed by atoms with Gasteiger partial charge in [-0.3, -0.25) is 4.79 Å². The van der Waals surface area contributed by atoms with Crippen molar-refractivity contribution in [3.05, 3.63) is 69.8 Å². The van der Waals surface area contributed by atoms with Crippen molar-refractivity contribution in [1.82, 2.24) is 14.7 Å². The summed E-state index contributed by atoms with van der Waals surface area (Å²) in [4.78, 5) is 27.1. The molecule has 9 heteroatoms. The van der Waals surface area contributed by atoms with E-state index in [4.69, 9.17) is 28.3 Å². The number of aryl methyl sites for hydroxylation is 1. The number of hydrogen-bond acceptors (Lipinski definition) is 3. The van der Waals surface area contributed by atoms with Gasteiger partial charge in [0.05, 0.1) is 11.4 Å². The number of likely N-dealkylation sites (N-methyl/N-ethyl adjacent to an activating group) is 1. The summed E-state index contributed by atoms with van der Waals surface area (Å²) in [6, 6.07) is 13.9. The van der Waals surface area contributed by atoms with Crippen LogP contribution in [0.25, 0.3) is 5.69 Å². The quantitative estimate of drug-likeness (QED) is 0.417. The molecule has 1 heterocycles. The first-order valence-electron chi connectivity index (χ1n) is 11.0. The maximum absolute atomic E-state index is 12.9. The van der Waals surface area contributed by atoms with Crippen molar-refractivity contribution in [2.45, 2.75) is 40.0 Å². The molecular formula is C25H29Cl2N5O2. The van der Waals surface area contributed by atoms with Gasteiger partial charge in [0.15, 0.2) is 0 Å². The monoisotopic (exact) mass is 501 g/mol. The van der Waals surface area contributed by atoms with Gasteiger partial charge in [0.25, 0.3) is 0 Å². The number of amides is 3. The molecule has 0 unspecified atom stereocenters. The second-order valence-corrected chi connectivity index (χ2v) is 9.85. The predicted molar refractivity (Wildman–Crippen MR) is 138 cm³/mol. The summed E-state index contributed by atoms with van der Waals surface area (Å²) in [5.74, 6) is 0.175. The van der Waals surface area contributed by atoms with Gasteiger partial charge in [0.2, 0.25) is 5.91 Å². The number of nitrogens with zero attached hydrogens (tertiary/aromatic N) is 3. The van der Waals surface area contributed by atoms with E-state index in [1.807, 2.05) is 58.9 Å². The predicted octanol–water partition coefficient (Wildman–Crippen LogP) is 6.28. The van der Waals surface area contributed by atoms with E-state index in [-0.39, 0.29) is 23.9 Å². The van der Waals surface area contributed by atoms with Crippen LogP contribution in [0.15, 0.2) is 48.5 Å². The standard InChI is InChI=1S/C25H29Cl2N5O2/c1-6-31(24(34)28-18-10-7-16(2)20(27)13-18)15-23(33)29-22-14-21(25(3,4)5)30-32(22)19-11-8-17(26)9-12-19/h7-14H,6,15H2,1-5H3,(H,28,34)(H,29,33). The molecule has 0 aliphatic rings. The van der Waals surface area contributed by atoms with Gasteiger partial charge in [0.1, 0.15) is 12.4 Å². The Morgan fingerprint density at radius 1 is 1.03 bits per heavy atom. The van der Waals surface area contributed by atoms with Gasteiger partial charge in [-0.1, -0.05) is 50.0 Å². The molecule has 3 aromatic rings. The van der Waals surface area contributed by atoms with E-state index in [0.29, 0.717) is 28.1 Å². The molecule has 0 saturated carbocycles. The molecule has 7 nitrogen and oxygen atoms in total. The number of benzene rings is 2. The zero-order valence-electron chi connectivity index (χ0n) is 19.9. The molecule has 180 valence electrons. The number of anilines is 2. The molecule has 0 bridgehead atoms. The first kappa shape index (κ1) is 25.6. The van der Waals surface area contributed by atoms with E-state index in [1.165, 1.54) is 4.90 Å². The maximum atomic E-state index is 12.9. The number of carbonyl (C=O) groups excluding carboxylic acids is 2. The number of rotatable bonds is 6. The summed E-state index contributed by atoms with van der Waals surface area (Å²) in [5.41, 5.74) is 2.84. The minimum absolute atomic E-state index is 0.126. The van der Waals surface area contributed by atoms with E-state index < -0.39 is 0 Å². The number of hydrogen-bond donors (Lipinski definition) is 2. The highest BCUT2D eigenvalue weighted by molar-refractivity contribution is 6.31. The van der Waals surface area contributed by atoms with Crippen molar-refractivity contribution in [3.8, 4) is 5.69 Å². The minimum Gasteiger partial charge on any atom is -0.315 e. The fourth-order valence-corrected chi connectivity index (χ4v) is 3.48. The van der Waals surface area contributed by atoms with Crippen molar-refractivity contribution in [3.63, 3.8) is 0 Å². The van der Waals surface area contributed by atoms with Crippen LogP contribution in [-0.2, 0) is 10.2 Å². The minimum atomic E-state index is -0.390. The number of halogens is 2. The van der Waals surface area contributed by atoms with E-state index >= 15 is 0 Å². The molecule has 1 aromatic heterocycles. The van der Waals surface area contributed by atoms with Crippen LogP contribution in [0.4, 0.5) is 16.3 Å². The largest absolute Gasteiger partial charge is 0.322 e. The fraction of sp³-hybridized carbons (Fsp3) is 0.320. The van der Waals surface area contributed by atoms with Crippen LogP contribution in [0.5, 0.6) is 0 Å². The molecule has 3 amide bonds. The van der Waals surface area contributed by atoms with Crippen molar-refractivity contribution >= 4 is 46.6 Å². The Morgan fingerprint density at radius 2 is 1.71 bits per heavy atom. The highest BCUT2D eigenvalue weighted by Gasteiger charge is 2.23. The molecule has 0 aliphatic carbocycles. The fourth-order valence-electron chi connectivity index (χ4n) is 3.17. The van der Waals surface area contributed by atoms with Crippen LogP contribution in [-0.4, -0.2) is 39.7 Å². The molecular weight excluding hydrogens is 473 g/mol. The average molecular weight is 502 g/mol. The first-order chi connectivity index (χ1) is 16.0. The molecule has 0 spiro atoms. The van der Waals surface area contributed by atoms with Crippen molar-refractivity contribution < 1.29 is 9.59 Å². The summed E-state index contributed by atoms with van der Waals surface area (Å²) < 4.78 is 1.67. The van der Waals surface area contributed by atoms with Crippen molar-refractivity contribution in [2.75, 3.05) is 23.7 Å². The zero-order chi connectivity index (χ0) is 25.0. The molecule has 0 radical (unpaired) electrons. The van der Waals surface area contributed by atoms with Crippen LogP contribution in [0.1, 0.15) is 39.0 Å². The molecule has 0 aliphatic heterocycles. The van der Waals surface area contributed by atoms with E-state index in [9.17, 15) is 9.59 Å². The Kier molecular flexibility index (Phi) is 7.89. The smallest absolute Gasteiger partial charge is 0.315 e. The van der Waals surface area contributed by atoms with Crippen LogP contribution in [0.3, 0.4) is 0 Å². The van der Waals surface area contributed by atoms with Crippen molar-refractivity contribution in [1.29, 1.82) is 0 Å². The third kappa shape index (κ3) is 6.30. The normalized spacial score (nSPS) is 11.3. The van der Waals surface area contributed by atoms with Gasteiger partial charge in [0, 0.05) is 33.8 Å². The van der Waals surface area contributed by atoms with Gasteiger partial charge >= 0.3 is 6.03 Å². The third-order valence-corrected chi connectivity index (χ3v) is 5.90. The summed E-state index contributed by atoms with van der Waals surface area (Å²) >= 11 is 12.2. The van der Waals surface area contributed by atoms with Crippen LogP contribution in [0, 0.1) is 6.92 Å². The second-order valence-electron chi connectivity index (χ2n) is 9.01. The SMILES string of the molecule is CCN(CC(=O)Nc1cc(C(C)(C)C)nn1-c1ccc(Cl)cc1)C(=O)Nc1ccc(C)c(Cl)c1. The molecule has 2 aromatic carbocycles. The Labute approximate surface area is 210 Å². The molecule has 0 fully saturated rings. The van der Waals surface area contributed by atoms with Crippen LogP contribution >= 0.6 is 23.2 Å². The lowest BCUT2D eigenvalue weighted by Crippen LogP contribution is -2.40. The third-order valence-electron chi connectivity index (χ3n) is 5.24. The first-order valence-corrected chi connectivity index (χ1v) is 11.7. The molecule has 0 atom stereocenters. The molecule has 3 rings (SSSR count). The summed E-state index contributed by atoms with van der Waals surface area (Å²) in [6.45, 7) is 10.1. The summed E-state index contributed by atoms with van der Waals surface area (Å²) in [7, 11) is 0. The van der Waals surface area contributed by atoms with Gasteiger partial charge in [-0.05, 0) is 55.8 Å². The van der Waals surface area contributed by atoms with E-state index in [1.54, 1.807) is 28.9 Å². The Hall–Kier alpha value is -3.03. The van der Waals surface area contributed by atoms with E-state index in [0.717, 1.165) is 16.9 Å². The molecule has 2 N–H and O–H groups in total. The van der Waals surface area contributed by atoms with E-state index in [2.05, 4.69) is 10.6 Å². The maximum Gasteiger partial charge on any atom is 0.322 e. The van der Waals surface area contributed by atoms with Crippen molar-refractivity contribution in [2.24, 2.45) is 0 Å². The highest BCUT2D eigenvalue weighted by Crippen LogP contribution is 2.27. The average Bonchev–Trinajstić information content (AvgIpc) is 3.19. The highest BCUT2D eigenvalue weighted by atomic mass is 35.5. The van der Waals surface area contributed by atoms with Gasteiger partial charge in [-0.25, -0.2) is 9.48 Å². The van der Waals surface area contributed by atoms with Gasteiger partial charge < -0.3 is 15.5 Å². The Balaban J connectivity index is 1.76. The summed E-state index contributed by atoms with van der Waals surface area (Å²) in [6.07, 6.45) is 0. The number of aromatic nitrogens is 2. The number of nitrogens with one attached hydrogen (secondary N) is 2. The topological polar surface area (TPSA) is 79.3 Å². The van der Waals surface area contributed by atoms with Gasteiger partial charge in [-0.15, -0.1) is 0 Å². The van der Waals surface area contributed by atoms with Crippen LogP contribution < -0.4 is 10.6 Å². The molecule has 34 heavy (non-hydrogen) atoms. The van der Waals surface area contributed by atoms with Gasteiger partial charge in [-0.2, -0.15) is 5.10 Å².